The second-order valence-electron chi connectivity index (χ2n) is 8.80. The van der Waals surface area contributed by atoms with E-state index in [4.69, 9.17) is 4.74 Å². The molecule has 0 saturated heterocycles. The Hall–Kier alpha value is -4.26. The van der Waals surface area contributed by atoms with E-state index < -0.39 is 29.1 Å². The summed E-state index contributed by atoms with van der Waals surface area (Å²) in [4.78, 5) is 26.6. The van der Waals surface area contributed by atoms with E-state index in [-0.39, 0.29) is 11.4 Å². The fourth-order valence-electron chi connectivity index (χ4n) is 4.80. The van der Waals surface area contributed by atoms with Crippen LogP contribution < -0.4 is 15.4 Å². The Balaban J connectivity index is 1.57. The van der Waals surface area contributed by atoms with Crippen molar-refractivity contribution in [2.24, 2.45) is 0 Å². The number of ether oxygens (including phenoxy) is 1. The number of Topliss-reactive ketones (excluding diaryl/α,β-unsaturated/α-hetero) is 1. The zero-order valence-electron chi connectivity index (χ0n) is 19.6. The SMILES string of the molecule is CC1=C(C(=O)Nc2c(F)cccc2F)C(c2cccc(Oc3ccccc3)c2)C2=C(CCCC2=O)N1. The van der Waals surface area contributed by atoms with Crippen LogP contribution in [0.5, 0.6) is 11.5 Å². The van der Waals surface area contributed by atoms with E-state index in [2.05, 4.69) is 10.6 Å². The van der Waals surface area contributed by atoms with Crippen molar-refractivity contribution in [3.63, 3.8) is 0 Å². The molecule has 2 N–H and O–H groups in total. The Morgan fingerprint density at radius 2 is 1.64 bits per heavy atom. The zero-order chi connectivity index (χ0) is 25.2. The molecular weight excluding hydrogens is 462 g/mol. The first kappa shape index (κ1) is 23.5. The molecule has 1 aliphatic heterocycles. The number of carbonyl (C=O) groups excluding carboxylic acids is 2. The number of carbonyl (C=O) groups is 2. The van der Waals surface area contributed by atoms with Gasteiger partial charge in [0.05, 0.1) is 0 Å². The molecule has 5 rings (SSSR count). The largest absolute Gasteiger partial charge is 0.457 e. The molecule has 3 aromatic rings. The highest BCUT2D eigenvalue weighted by Gasteiger charge is 2.39. The maximum Gasteiger partial charge on any atom is 0.254 e. The lowest BCUT2D eigenvalue weighted by molar-refractivity contribution is -0.116. The molecule has 182 valence electrons. The van der Waals surface area contributed by atoms with Crippen LogP contribution in [0.25, 0.3) is 0 Å². The fraction of sp³-hybridized carbons (Fsp3) is 0.172. The fourth-order valence-corrected chi connectivity index (χ4v) is 4.80. The first-order valence-electron chi connectivity index (χ1n) is 11.7. The van der Waals surface area contributed by atoms with Crippen LogP contribution in [0.2, 0.25) is 0 Å². The molecule has 1 atom stereocenters. The summed E-state index contributed by atoms with van der Waals surface area (Å²) in [6, 6.07) is 19.8. The maximum atomic E-state index is 14.3. The summed E-state index contributed by atoms with van der Waals surface area (Å²) < 4.78 is 34.6. The van der Waals surface area contributed by atoms with Gasteiger partial charge in [-0.25, -0.2) is 8.78 Å². The van der Waals surface area contributed by atoms with Crippen LogP contribution in [-0.4, -0.2) is 11.7 Å². The molecule has 5 nitrogen and oxygen atoms in total. The number of benzene rings is 3. The van der Waals surface area contributed by atoms with E-state index >= 15 is 0 Å². The van der Waals surface area contributed by atoms with Gasteiger partial charge in [-0.05, 0) is 61.7 Å². The summed E-state index contributed by atoms with van der Waals surface area (Å²) in [6.07, 6.45) is 1.75. The summed E-state index contributed by atoms with van der Waals surface area (Å²) >= 11 is 0. The van der Waals surface area contributed by atoms with Crippen LogP contribution >= 0.6 is 0 Å². The van der Waals surface area contributed by atoms with Crippen molar-refractivity contribution in [2.75, 3.05) is 5.32 Å². The summed E-state index contributed by atoms with van der Waals surface area (Å²) in [5, 5.41) is 5.60. The highest BCUT2D eigenvalue weighted by Crippen LogP contribution is 2.43. The van der Waals surface area contributed by atoms with Gasteiger partial charge in [-0.15, -0.1) is 0 Å². The summed E-state index contributed by atoms with van der Waals surface area (Å²) in [5.41, 5.74) is 2.17. The average Bonchev–Trinajstić information content (AvgIpc) is 2.86. The van der Waals surface area contributed by atoms with Gasteiger partial charge in [-0.1, -0.05) is 36.4 Å². The lowest BCUT2D eigenvalue weighted by Gasteiger charge is -2.34. The molecule has 1 unspecified atom stereocenters. The van der Waals surface area contributed by atoms with E-state index in [1.165, 1.54) is 6.07 Å². The zero-order valence-corrected chi connectivity index (χ0v) is 19.6. The summed E-state index contributed by atoms with van der Waals surface area (Å²) in [5.74, 6) is -2.04. The number of rotatable bonds is 5. The minimum atomic E-state index is -0.881. The molecule has 1 aliphatic carbocycles. The highest BCUT2D eigenvalue weighted by molar-refractivity contribution is 6.09. The van der Waals surface area contributed by atoms with Crippen molar-refractivity contribution in [3.8, 4) is 11.5 Å². The van der Waals surface area contributed by atoms with Gasteiger partial charge < -0.3 is 15.4 Å². The number of hydrogen-bond acceptors (Lipinski definition) is 4. The Kier molecular flexibility index (Phi) is 6.38. The molecule has 3 aromatic carbocycles. The van der Waals surface area contributed by atoms with E-state index in [0.717, 1.165) is 17.8 Å². The van der Waals surface area contributed by atoms with Crippen molar-refractivity contribution in [3.05, 3.63) is 113 Å². The first-order valence-corrected chi connectivity index (χ1v) is 11.7. The number of dihydropyridines is 1. The van der Waals surface area contributed by atoms with Gasteiger partial charge in [-0.3, -0.25) is 9.59 Å². The van der Waals surface area contributed by atoms with Crippen LogP contribution in [0.15, 0.2) is 95.3 Å². The molecule has 36 heavy (non-hydrogen) atoms. The van der Waals surface area contributed by atoms with Crippen LogP contribution in [0.1, 0.15) is 37.7 Å². The molecule has 2 aliphatic rings. The molecule has 0 bridgehead atoms. The summed E-state index contributed by atoms with van der Waals surface area (Å²) in [6.45, 7) is 1.73. The minimum absolute atomic E-state index is 0.0574. The molecule has 0 spiro atoms. The number of hydrogen-bond donors (Lipinski definition) is 2. The van der Waals surface area contributed by atoms with Gasteiger partial charge >= 0.3 is 0 Å². The number of nitrogens with one attached hydrogen (secondary N) is 2. The second kappa shape index (κ2) is 9.77. The number of ketones is 1. The Bertz CT molecular complexity index is 1390. The quantitative estimate of drug-likeness (QED) is 0.440. The van der Waals surface area contributed by atoms with Crippen LogP contribution in [-0.2, 0) is 9.59 Å². The van der Waals surface area contributed by atoms with Gasteiger partial charge in [-0.2, -0.15) is 0 Å². The molecule has 1 amide bonds. The number of allylic oxidation sites excluding steroid dienone is 3. The lowest BCUT2D eigenvalue weighted by atomic mass is 9.75. The van der Waals surface area contributed by atoms with Gasteiger partial charge in [0.15, 0.2) is 5.78 Å². The number of amides is 1. The molecule has 1 heterocycles. The molecular formula is C29H24F2N2O3. The van der Waals surface area contributed by atoms with Crippen molar-refractivity contribution >= 4 is 17.4 Å². The normalized spacial score (nSPS) is 17.4. The standard InChI is InChI=1S/C29H24F2N2O3/c1-17-25(29(35)33-28-21(30)12-6-13-22(28)31)26(27-23(32-17)14-7-15-24(27)34)18-8-5-11-20(16-18)36-19-9-3-2-4-10-19/h2-6,8-13,16,26,32H,7,14-15H2,1H3,(H,33,35). The third-order valence-electron chi connectivity index (χ3n) is 6.39. The van der Waals surface area contributed by atoms with E-state index in [9.17, 15) is 18.4 Å². The Morgan fingerprint density at radius 3 is 2.39 bits per heavy atom. The molecule has 7 heteroatoms. The third-order valence-corrected chi connectivity index (χ3v) is 6.39. The molecule has 0 saturated carbocycles. The smallest absolute Gasteiger partial charge is 0.254 e. The van der Waals surface area contributed by atoms with Crippen molar-refractivity contribution in [2.45, 2.75) is 32.1 Å². The Morgan fingerprint density at radius 1 is 0.944 bits per heavy atom. The van der Waals surface area contributed by atoms with E-state index in [0.29, 0.717) is 47.6 Å². The van der Waals surface area contributed by atoms with Crippen LogP contribution in [0, 0.1) is 11.6 Å². The molecule has 0 aromatic heterocycles. The van der Waals surface area contributed by atoms with Gasteiger partial charge in [0.25, 0.3) is 5.91 Å². The third kappa shape index (κ3) is 4.52. The number of para-hydroxylation sites is 2. The van der Waals surface area contributed by atoms with Crippen molar-refractivity contribution in [1.29, 1.82) is 0 Å². The first-order chi connectivity index (χ1) is 17.4. The van der Waals surface area contributed by atoms with Crippen LogP contribution in [0.4, 0.5) is 14.5 Å². The monoisotopic (exact) mass is 486 g/mol. The second-order valence-corrected chi connectivity index (χ2v) is 8.80. The van der Waals surface area contributed by atoms with Crippen molar-refractivity contribution in [1.82, 2.24) is 5.32 Å². The van der Waals surface area contributed by atoms with Gasteiger partial charge in [0.1, 0.15) is 28.8 Å². The Labute approximate surface area is 207 Å². The average molecular weight is 487 g/mol. The molecule has 0 fully saturated rings. The maximum absolute atomic E-state index is 14.3. The number of halogens is 2. The van der Waals surface area contributed by atoms with Gasteiger partial charge in [0, 0.05) is 34.9 Å². The minimum Gasteiger partial charge on any atom is -0.457 e. The lowest BCUT2D eigenvalue weighted by Crippen LogP contribution is -2.35. The van der Waals surface area contributed by atoms with Crippen molar-refractivity contribution < 1.29 is 23.1 Å². The van der Waals surface area contributed by atoms with E-state index in [1.807, 2.05) is 36.4 Å². The van der Waals surface area contributed by atoms with Gasteiger partial charge in [0.2, 0.25) is 0 Å². The molecule has 0 radical (unpaired) electrons. The van der Waals surface area contributed by atoms with E-state index in [1.54, 1.807) is 25.1 Å². The number of anilines is 1. The summed E-state index contributed by atoms with van der Waals surface area (Å²) in [7, 11) is 0. The topological polar surface area (TPSA) is 67.4 Å². The predicted molar refractivity (Wildman–Crippen MR) is 132 cm³/mol. The van der Waals surface area contributed by atoms with Crippen LogP contribution in [0.3, 0.4) is 0 Å². The predicted octanol–water partition coefficient (Wildman–Crippen LogP) is 6.36. The highest BCUT2D eigenvalue weighted by atomic mass is 19.1.